The van der Waals surface area contributed by atoms with Crippen LogP contribution in [-0.4, -0.2) is 46.2 Å². The molecule has 3 amide bonds. The zero-order chi connectivity index (χ0) is 23.6. The Kier molecular flexibility index (Phi) is 6.56. The molecule has 1 unspecified atom stereocenters. The van der Waals surface area contributed by atoms with E-state index in [1.165, 1.54) is 19.2 Å². The third-order valence-electron chi connectivity index (χ3n) is 6.55. The molecule has 0 radical (unpaired) electrons. The molecular weight excluding hydrogens is 442 g/mol. The molecule has 1 saturated carbocycles. The van der Waals surface area contributed by atoms with Gasteiger partial charge in [0.15, 0.2) is 0 Å². The van der Waals surface area contributed by atoms with Gasteiger partial charge in [-0.3, -0.25) is 14.4 Å². The number of aromatic nitrogens is 1. The summed E-state index contributed by atoms with van der Waals surface area (Å²) in [6.07, 6.45) is 5.11. The highest BCUT2D eigenvalue weighted by molar-refractivity contribution is 6.33. The first kappa shape index (κ1) is 23.0. The van der Waals surface area contributed by atoms with Crippen molar-refractivity contribution in [3.05, 3.63) is 58.2 Å². The number of halogens is 1. The number of nitrogen functional groups attached to an aromatic ring is 1. The van der Waals surface area contributed by atoms with Gasteiger partial charge in [-0.2, -0.15) is 0 Å². The predicted molar refractivity (Wildman–Crippen MR) is 126 cm³/mol. The standard InChI is InChI=1S/C24H28ClN5O3/c1-15(31)29-24(9-4-5-10-24)23(33)28-14-20-18-7-3-2-6-16(18)8-11-30(20)22(32)17-12-19(25)21(26)27-13-17/h2-3,6-7,12-13,20H,4-5,8-11,14H2,1H3,(H2,26,27)(H,28,33)(H,29,31). The minimum atomic E-state index is -0.886. The van der Waals surface area contributed by atoms with Crippen LogP contribution in [0.4, 0.5) is 5.82 Å². The molecule has 0 spiro atoms. The van der Waals surface area contributed by atoms with Gasteiger partial charge in [0, 0.05) is 26.2 Å². The number of hydrogen-bond acceptors (Lipinski definition) is 5. The van der Waals surface area contributed by atoms with Crippen molar-refractivity contribution in [2.24, 2.45) is 0 Å². The molecule has 8 nitrogen and oxygen atoms in total. The van der Waals surface area contributed by atoms with Crippen molar-refractivity contribution in [3.8, 4) is 0 Å². The first-order chi connectivity index (χ1) is 15.8. The number of nitrogens with one attached hydrogen (secondary N) is 2. The highest BCUT2D eigenvalue weighted by Gasteiger charge is 2.42. The van der Waals surface area contributed by atoms with Crippen LogP contribution in [0.5, 0.6) is 0 Å². The first-order valence-electron chi connectivity index (χ1n) is 11.2. The average Bonchev–Trinajstić information content (AvgIpc) is 3.27. The smallest absolute Gasteiger partial charge is 0.256 e. The molecule has 1 aromatic heterocycles. The molecule has 2 aromatic rings. The normalized spacial score (nSPS) is 19.0. The minimum Gasteiger partial charge on any atom is -0.382 e. The van der Waals surface area contributed by atoms with Crippen LogP contribution in [0.1, 0.15) is 60.1 Å². The largest absolute Gasteiger partial charge is 0.382 e. The lowest BCUT2D eigenvalue weighted by atomic mass is 9.91. The Labute approximate surface area is 197 Å². The molecule has 2 heterocycles. The van der Waals surface area contributed by atoms with Gasteiger partial charge in [-0.05, 0) is 36.5 Å². The van der Waals surface area contributed by atoms with Crippen molar-refractivity contribution in [3.63, 3.8) is 0 Å². The van der Waals surface area contributed by atoms with E-state index in [0.29, 0.717) is 31.4 Å². The molecule has 1 fully saturated rings. The average molecular weight is 470 g/mol. The Morgan fingerprint density at radius 3 is 2.67 bits per heavy atom. The van der Waals surface area contributed by atoms with E-state index in [1.807, 2.05) is 24.3 Å². The van der Waals surface area contributed by atoms with E-state index < -0.39 is 5.54 Å². The van der Waals surface area contributed by atoms with Crippen molar-refractivity contribution in [1.82, 2.24) is 20.5 Å². The third kappa shape index (κ3) is 4.66. The number of amides is 3. The van der Waals surface area contributed by atoms with Crippen LogP contribution in [0.15, 0.2) is 36.5 Å². The van der Waals surface area contributed by atoms with Gasteiger partial charge >= 0.3 is 0 Å². The van der Waals surface area contributed by atoms with Crippen molar-refractivity contribution < 1.29 is 14.4 Å². The quantitative estimate of drug-likeness (QED) is 0.622. The maximum Gasteiger partial charge on any atom is 0.256 e. The second-order valence-electron chi connectivity index (χ2n) is 8.73. The molecule has 4 rings (SSSR count). The maximum atomic E-state index is 13.4. The molecule has 4 N–H and O–H groups in total. The summed E-state index contributed by atoms with van der Waals surface area (Å²) in [5.74, 6) is -0.487. The van der Waals surface area contributed by atoms with E-state index in [9.17, 15) is 14.4 Å². The van der Waals surface area contributed by atoms with Crippen LogP contribution < -0.4 is 16.4 Å². The summed E-state index contributed by atoms with van der Waals surface area (Å²) in [4.78, 5) is 44.1. The first-order valence-corrected chi connectivity index (χ1v) is 11.6. The minimum absolute atomic E-state index is 0.167. The number of anilines is 1. The molecule has 2 aliphatic rings. The Hall–Kier alpha value is -3.13. The van der Waals surface area contributed by atoms with Crippen LogP contribution in [0.25, 0.3) is 0 Å². The summed E-state index contributed by atoms with van der Waals surface area (Å²) in [5, 5.41) is 6.12. The molecule has 1 aliphatic heterocycles. The fourth-order valence-corrected chi connectivity index (χ4v) is 5.10. The predicted octanol–water partition coefficient (Wildman–Crippen LogP) is 2.62. The topological polar surface area (TPSA) is 117 Å². The van der Waals surface area contributed by atoms with Crippen molar-refractivity contribution >= 4 is 35.1 Å². The summed E-state index contributed by atoms with van der Waals surface area (Å²) in [7, 11) is 0. The number of hydrogen-bond donors (Lipinski definition) is 3. The van der Waals surface area contributed by atoms with Gasteiger partial charge < -0.3 is 21.3 Å². The maximum absolute atomic E-state index is 13.4. The highest BCUT2D eigenvalue weighted by atomic mass is 35.5. The van der Waals surface area contributed by atoms with Crippen LogP contribution in [0.2, 0.25) is 5.02 Å². The number of carbonyl (C=O) groups is 3. The lowest BCUT2D eigenvalue weighted by molar-refractivity contribution is -0.132. The van der Waals surface area contributed by atoms with Gasteiger partial charge in [-0.25, -0.2) is 4.98 Å². The van der Waals surface area contributed by atoms with E-state index >= 15 is 0 Å². The van der Waals surface area contributed by atoms with E-state index in [2.05, 4.69) is 15.6 Å². The zero-order valence-electron chi connectivity index (χ0n) is 18.6. The Morgan fingerprint density at radius 1 is 1.24 bits per heavy atom. The number of rotatable bonds is 5. The lowest BCUT2D eigenvalue weighted by Gasteiger charge is -2.38. The summed E-state index contributed by atoms with van der Waals surface area (Å²) in [6, 6.07) is 9.09. The summed E-state index contributed by atoms with van der Waals surface area (Å²) >= 11 is 6.10. The number of fused-ring (bicyclic) bond motifs is 1. The molecule has 0 bridgehead atoms. The van der Waals surface area contributed by atoms with E-state index in [4.69, 9.17) is 17.3 Å². The number of nitrogens with zero attached hydrogens (tertiary/aromatic N) is 2. The molecular formula is C24H28ClN5O3. The van der Waals surface area contributed by atoms with E-state index in [0.717, 1.165) is 24.0 Å². The van der Waals surface area contributed by atoms with E-state index in [1.54, 1.807) is 4.90 Å². The molecule has 1 atom stereocenters. The van der Waals surface area contributed by atoms with E-state index in [-0.39, 0.29) is 41.1 Å². The SMILES string of the molecule is CC(=O)NC1(C(=O)NCC2c3ccccc3CCN2C(=O)c2cnc(N)c(Cl)c2)CCCC1. The van der Waals surface area contributed by atoms with Crippen molar-refractivity contribution in [1.29, 1.82) is 0 Å². The second kappa shape index (κ2) is 9.39. The van der Waals surface area contributed by atoms with Crippen molar-refractivity contribution in [2.45, 2.75) is 50.6 Å². The number of pyridine rings is 1. The second-order valence-corrected chi connectivity index (χ2v) is 9.14. The molecule has 0 saturated heterocycles. The van der Waals surface area contributed by atoms with Crippen LogP contribution in [0, 0.1) is 0 Å². The fraction of sp³-hybridized carbons (Fsp3) is 0.417. The molecule has 1 aliphatic carbocycles. The van der Waals surface area contributed by atoms with Crippen LogP contribution in [0.3, 0.4) is 0 Å². The monoisotopic (exact) mass is 469 g/mol. The number of carbonyl (C=O) groups excluding carboxylic acids is 3. The Balaban J connectivity index is 1.59. The van der Waals surface area contributed by atoms with Gasteiger partial charge in [0.05, 0.1) is 16.6 Å². The fourth-order valence-electron chi connectivity index (χ4n) is 4.93. The third-order valence-corrected chi connectivity index (χ3v) is 6.86. The highest BCUT2D eigenvalue weighted by Crippen LogP contribution is 2.33. The molecule has 9 heteroatoms. The number of nitrogens with two attached hydrogens (primary N) is 1. The van der Waals surface area contributed by atoms with Gasteiger partial charge in [-0.1, -0.05) is 48.7 Å². The zero-order valence-corrected chi connectivity index (χ0v) is 19.3. The molecule has 33 heavy (non-hydrogen) atoms. The Morgan fingerprint density at radius 2 is 1.97 bits per heavy atom. The van der Waals surface area contributed by atoms with Crippen LogP contribution >= 0.6 is 11.6 Å². The van der Waals surface area contributed by atoms with Crippen LogP contribution in [-0.2, 0) is 16.0 Å². The van der Waals surface area contributed by atoms with Gasteiger partial charge in [0.25, 0.3) is 5.91 Å². The Bertz CT molecular complexity index is 1080. The van der Waals surface area contributed by atoms with Crippen molar-refractivity contribution in [2.75, 3.05) is 18.8 Å². The summed E-state index contributed by atoms with van der Waals surface area (Å²) in [5.41, 5.74) is 7.29. The molecule has 1 aromatic carbocycles. The summed E-state index contributed by atoms with van der Waals surface area (Å²) in [6.45, 7) is 2.16. The number of benzene rings is 1. The van der Waals surface area contributed by atoms with Gasteiger partial charge in [-0.15, -0.1) is 0 Å². The van der Waals surface area contributed by atoms with Gasteiger partial charge in [0.2, 0.25) is 11.8 Å². The van der Waals surface area contributed by atoms with Gasteiger partial charge in [0.1, 0.15) is 11.4 Å². The lowest BCUT2D eigenvalue weighted by Crippen LogP contribution is -2.58. The molecule has 174 valence electrons. The summed E-state index contributed by atoms with van der Waals surface area (Å²) < 4.78 is 0.